The van der Waals surface area contributed by atoms with Gasteiger partial charge >= 0.3 is 6.03 Å². The quantitative estimate of drug-likeness (QED) is 0.760. The molecule has 0 aliphatic heterocycles. The Morgan fingerprint density at radius 3 is 2.83 bits per heavy atom. The van der Waals surface area contributed by atoms with Gasteiger partial charge in [-0.25, -0.2) is 9.78 Å². The molecule has 0 fully saturated rings. The van der Waals surface area contributed by atoms with Crippen LogP contribution in [0.25, 0.3) is 0 Å². The first-order valence-electron chi connectivity index (χ1n) is 7.92. The van der Waals surface area contributed by atoms with Crippen LogP contribution in [0.5, 0.6) is 0 Å². The predicted molar refractivity (Wildman–Crippen MR) is 90.7 cm³/mol. The molecule has 2 rings (SSSR count). The van der Waals surface area contributed by atoms with E-state index in [0.717, 1.165) is 41.3 Å². The fourth-order valence-electron chi connectivity index (χ4n) is 2.32. The zero-order chi connectivity index (χ0) is 16.8. The van der Waals surface area contributed by atoms with Gasteiger partial charge in [-0.15, -0.1) is 11.3 Å². The monoisotopic (exact) mass is 336 g/mol. The van der Waals surface area contributed by atoms with E-state index in [-0.39, 0.29) is 12.1 Å². The molecule has 1 unspecified atom stereocenters. The van der Waals surface area contributed by atoms with Gasteiger partial charge in [0.1, 0.15) is 10.8 Å². The Bertz CT molecular complexity index is 631. The van der Waals surface area contributed by atoms with Gasteiger partial charge < -0.3 is 15.2 Å². The minimum absolute atomic E-state index is 0.0807. The van der Waals surface area contributed by atoms with Crippen LogP contribution in [0.4, 0.5) is 4.79 Å². The van der Waals surface area contributed by atoms with Crippen LogP contribution in [0.15, 0.2) is 10.7 Å². The van der Waals surface area contributed by atoms with E-state index >= 15 is 0 Å². The first kappa shape index (κ1) is 17.5. The number of rotatable bonds is 7. The third kappa shape index (κ3) is 4.79. The molecule has 0 aromatic carbocycles. The average Bonchev–Trinajstić information content (AvgIpc) is 3.12. The number of nitrogens with one attached hydrogen (secondary N) is 2. The maximum Gasteiger partial charge on any atom is 0.315 e. The molecular formula is C16H24N4O2S. The molecule has 0 saturated carbocycles. The number of hydrogen-bond acceptors (Lipinski definition) is 5. The number of aryl methyl sites for hydroxylation is 3. The number of urea groups is 1. The van der Waals surface area contributed by atoms with Gasteiger partial charge in [0.2, 0.25) is 0 Å². The standard InChI is InChI=1S/C16H24N4O2S/c1-5-13-9-18-15(23-13)11(3)19-16(21)17-8-6-7-14-10(2)20-22-12(14)4/h9,11H,5-8H2,1-4H3,(H2,17,19,21). The molecule has 6 nitrogen and oxygen atoms in total. The van der Waals surface area contributed by atoms with Gasteiger partial charge in [0.25, 0.3) is 0 Å². The first-order chi connectivity index (χ1) is 11.0. The molecule has 2 heterocycles. The van der Waals surface area contributed by atoms with Crippen LogP contribution in [0.2, 0.25) is 0 Å². The summed E-state index contributed by atoms with van der Waals surface area (Å²) >= 11 is 1.64. The van der Waals surface area contributed by atoms with Crippen molar-refractivity contribution in [2.45, 2.75) is 53.0 Å². The summed E-state index contributed by atoms with van der Waals surface area (Å²) < 4.78 is 5.13. The van der Waals surface area contributed by atoms with Crippen molar-refractivity contribution < 1.29 is 9.32 Å². The molecule has 0 radical (unpaired) electrons. The Kier molecular flexibility index (Phi) is 6.15. The number of amides is 2. The van der Waals surface area contributed by atoms with E-state index in [4.69, 9.17) is 4.52 Å². The molecule has 126 valence electrons. The molecule has 7 heteroatoms. The normalized spacial score (nSPS) is 12.2. The summed E-state index contributed by atoms with van der Waals surface area (Å²) in [4.78, 5) is 17.5. The number of thiazole rings is 1. The number of aromatic nitrogens is 2. The highest BCUT2D eigenvalue weighted by Crippen LogP contribution is 2.20. The minimum Gasteiger partial charge on any atom is -0.361 e. The van der Waals surface area contributed by atoms with Gasteiger partial charge in [-0.2, -0.15) is 0 Å². The van der Waals surface area contributed by atoms with Crippen molar-refractivity contribution in [3.05, 3.63) is 33.1 Å². The molecule has 0 spiro atoms. The summed E-state index contributed by atoms with van der Waals surface area (Å²) in [6.07, 6.45) is 4.54. The van der Waals surface area contributed by atoms with E-state index in [1.165, 1.54) is 4.88 Å². The second kappa shape index (κ2) is 8.10. The largest absolute Gasteiger partial charge is 0.361 e. The number of nitrogens with zero attached hydrogens (tertiary/aromatic N) is 2. The molecule has 0 bridgehead atoms. The summed E-state index contributed by atoms with van der Waals surface area (Å²) in [6.45, 7) is 8.51. The fraction of sp³-hybridized carbons (Fsp3) is 0.562. The van der Waals surface area contributed by atoms with Gasteiger partial charge in [0, 0.05) is 23.2 Å². The Labute approximate surface area is 140 Å². The van der Waals surface area contributed by atoms with Crippen molar-refractivity contribution in [1.82, 2.24) is 20.8 Å². The molecule has 23 heavy (non-hydrogen) atoms. The molecule has 0 saturated heterocycles. The van der Waals surface area contributed by atoms with Crippen molar-refractivity contribution in [2.75, 3.05) is 6.54 Å². The second-order valence-corrected chi connectivity index (χ2v) is 6.69. The Morgan fingerprint density at radius 1 is 1.43 bits per heavy atom. The Morgan fingerprint density at radius 2 is 2.22 bits per heavy atom. The number of carbonyl (C=O) groups is 1. The van der Waals surface area contributed by atoms with E-state index in [9.17, 15) is 4.79 Å². The van der Waals surface area contributed by atoms with E-state index in [1.54, 1.807) is 11.3 Å². The summed E-state index contributed by atoms with van der Waals surface area (Å²) in [5.41, 5.74) is 2.06. The van der Waals surface area contributed by atoms with Crippen molar-refractivity contribution in [2.24, 2.45) is 0 Å². The summed E-state index contributed by atoms with van der Waals surface area (Å²) in [7, 11) is 0. The lowest BCUT2D eigenvalue weighted by molar-refractivity contribution is 0.238. The van der Waals surface area contributed by atoms with Crippen molar-refractivity contribution in [1.29, 1.82) is 0 Å². The highest BCUT2D eigenvalue weighted by Gasteiger charge is 2.13. The SMILES string of the molecule is CCc1cnc(C(C)NC(=O)NCCCc2c(C)noc2C)s1. The van der Waals surface area contributed by atoms with Gasteiger partial charge in [0.05, 0.1) is 11.7 Å². The Hall–Kier alpha value is -1.89. The lowest BCUT2D eigenvalue weighted by atomic mass is 10.1. The number of carbonyl (C=O) groups excluding carboxylic acids is 1. The van der Waals surface area contributed by atoms with Gasteiger partial charge in [-0.05, 0) is 40.0 Å². The minimum atomic E-state index is -0.162. The second-order valence-electron chi connectivity index (χ2n) is 5.55. The van der Waals surface area contributed by atoms with Gasteiger partial charge in [-0.3, -0.25) is 0 Å². The lowest BCUT2D eigenvalue weighted by Crippen LogP contribution is -2.37. The summed E-state index contributed by atoms with van der Waals surface area (Å²) in [5.74, 6) is 0.857. The van der Waals surface area contributed by atoms with Crippen LogP contribution in [0, 0.1) is 13.8 Å². The first-order valence-corrected chi connectivity index (χ1v) is 8.73. The van der Waals surface area contributed by atoms with Crippen LogP contribution >= 0.6 is 11.3 Å². The van der Waals surface area contributed by atoms with Gasteiger partial charge in [-0.1, -0.05) is 12.1 Å². The molecule has 0 aliphatic rings. The molecule has 2 amide bonds. The molecule has 0 aliphatic carbocycles. The van der Waals surface area contributed by atoms with E-state index in [0.29, 0.717) is 6.54 Å². The maximum atomic E-state index is 11.9. The summed E-state index contributed by atoms with van der Waals surface area (Å²) in [5, 5.41) is 10.7. The van der Waals surface area contributed by atoms with Crippen molar-refractivity contribution in [3.63, 3.8) is 0 Å². The molecular weight excluding hydrogens is 312 g/mol. The third-order valence-electron chi connectivity index (χ3n) is 3.71. The van der Waals surface area contributed by atoms with Crippen LogP contribution in [-0.2, 0) is 12.8 Å². The van der Waals surface area contributed by atoms with E-state index in [2.05, 4.69) is 27.7 Å². The summed E-state index contributed by atoms with van der Waals surface area (Å²) in [6, 6.07) is -0.243. The fourth-order valence-corrected chi connectivity index (χ4v) is 3.18. The smallest absolute Gasteiger partial charge is 0.315 e. The highest BCUT2D eigenvalue weighted by molar-refractivity contribution is 7.11. The van der Waals surface area contributed by atoms with E-state index < -0.39 is 0 Å². The molecule has 1 atom stereocenters. The molecule has 2 aromatic rings. The van der Waals surface area contributed by atoms with Crippen LogP contribution in [-0.4, -0.2) is 22.7 Å². The van der Waals surface area contributed by atoms with Crippen molar-refractivity contribution in [3.8, 4) is 0 Å². The topological polar surface area (TPSA) is 80.0 Å². The average molecular weight is 336 g/mol. The third-order valence-corrected chi connectivity index (χ3v) is 5.03. The molecule has 2 aromatic heterocycles. The zero-order valence-electron chi connectivity index (χ0n) is 14.1. The predicted octanol–water partition coefficient (Wildman–Crippen LogP) is 3.30. The van der Waals surface area contributed by atoms with Crippen LogP contribution in [0.3, 0.4) is 0 Å². The highest BCUT2D eigenvalue weighted by atomic mass is 32.1. The van der Waals surface area contributed by atoms with Crippen LogP contribution < -0.4 is 10.6 Å². The van der Waals surface area contributed by atoms with Crippen LogP contribution in [0.1, 0.15) is 53.2 Å². The Balaban J connectivity index is 1.70. The number of hydrogen-bond donors (Lipinski definition) is 2. The maximum absolute atomic E-state index is 11.9. The van der Waals surface area contributed by atoms with E-state index in [1.807, 2.05) is 27.0 Å². The molecule has 2 N–H and O–H groups in total. The lowest BCUT2D eigenvalue weighted by Gasteiger charge is -2.12. The van der Waals surface area contributed by atoms with Crippen molar-refractivity contribution >= 4 is 17.4 Å². The van der Waals surface area contributed by atoms with Gasteiger partial charge in [0.15, 0.2) is 0 Å². The zero-order valence-corrected chi connectivity index (χ0v) is 14.9.